The van der Waals surface area contributed by atoms with Gasteiger partial charge < -0.3 is 9.84 Å². The van der Waals surface area contributed by atoms with Crippen molar-refractivity contribution in [1.29, 1.82) is 0 Å². The minimum Gasteiger partial charge on any atom is -0.506 e. The maximum atomic E-state index is 12.6. The molecule has 0 aliphatic heterocycles. The van der Waals surface area contributed by atoms with Gasteiger partial charge in [0, 0.05) is 16.8 Å². The molecule has 2 aromatic carbocycles. The van der Waals surface area contributed by atoms with Gasteiger partial charge in [0.2, 0.25) is 0 Å². The number of esters is 1. The van der Waals surface area contributed by atoms with Crippen LogP contribution in [-0.4, -0.2) is 22.9 Å². The van der Waals surface area contributed by atoms with Crippen molar-refractivity contribution in [2.24, 2.45) is 4.99 Å². The normalized spacial score (nSPS) is 12.8. The summed E-state index contributed by atoms with van der Waals surface area (Å²) in [5, 5.41) is 11.5. The van der Waals surface area contributed by atoms with Crippen LogP contribution in [0, 0.1) is 0 Å². The second kappa shape index (κ2) is 8.39. The summed E-state index contributed by atoms with van der Waals surface area (Å²) in [6.45, 7) is 5.22. The molecule has 2 rings (SSSR count). The summed E-state index contributed by atoms with van der Waals surface area (Å²) >= 11 is 12.0. The molecule has 0 fully saturated rings. The van der Waals surface area contributed by atoms with Gasteiger partial charge in [-0.2, -0.15) is 0 Å². The molecule has 0 spiro atoms. The largest absolute Gasteiger partial charge is 0.506 e. The van der Waals surface area contributed by atoms with Gasteiger partial charge in [0.25, 0.3) is 0 Å². The Morgan fingerprint density at radius 1 is 1.08 bits per heavy atom. The second-order valence-corrected chi connectivity index (χ2v) is 7.32. The molecule has 0 heterocycles. The highest BCUT2D eigenvalue weighted by molar-refractivity contribution is 6.32. The van der Waals surface area contributed by atoms with Gasteiger partial charge >= 0.3 is 5.97 Å². The monoisotopic (exact) mass is 391 g/mol. The zero-order valence-corrected chi connectivity index (χ0v) is 16.2. The summed E-state index contributed by atoms with van der Waals surface area (Å²) in [5.41, 5.74) is 0.0694. The number of carbonyl (C=O) groups excluding carboxylic acids is 1. The predicted octanol–water partition coefficient (Wildman–Crippen LogP) is 6.01. The minimum atomic E-state index is -0.725. The molecule has 6 heteroatoms. The fraction of sp³-hybridized carbons (Fsp3) is 0.200. The van der Waals surface area contributed by atoms with Gasteiger partial charge in [-0.3, -0.25) is 4.99 Å². The van der Waals surface area contributed by atoms with E-state index in [4.69, 9.17) is 27.9 Å². The van der Waals surface area contributed by atoms with Crippen LogP contribution in [0.4, 0.5) is 5.69 Å². The zero-order chi connectivity index (χ0) is 19.3. The van der Waals surface area contributed by atoms with E-state index in [1.807, 2.05) is 0 Å². The van der Waals surface area contributed by atoms with E-state index in [9.17, 15) is 9.90 Å². The third-order valence-corrected chi connectivity index (χ3v) is 3.75. The van der Waals surface area contributed by atoms with Crippen molar-refractivity contribution in [2.75, 3.05) is 0 Å². The third kappa shape index (κ3) is 5.61. The van der Waals surface area contributed by atoms with Gasteiger partial charge in [-0.15, -0.1) is 0 Å². The highest BCUT2D eigenvalue weighted by atomic mass is 35.5. The van der Waals surface area contributed by atoms with Crippen LogP contribution in [0.1, 0.15) is 26.3 Å². The van der Waals surface area contributed by atoms with E-state index in [0.717, 1.165) is 0 Å². The van der Waals surface area contributed by atoms with Gasteiger partial charge in [-0.1, -0.05) is 35.3 Å². The molecule has 1 N–H and O–H groups in total. The Morgan fingerprint density at radius 3 is 2.27 bits per heavy atom. The molecule has 0 aromatic heterocycles. The lowest BCUT2D eigenvalue weighted by atomic mass is 10.1. The first-order valence-electron chi connectivity index (χ1n) is 7.88. The highest BCUT2D eigenvalue weighted by Gasteiger charge is 2.23. The van der Waals surface area contributed by atoms with Gasteiger partial charge in [0.15, 0.2) is 0 Å². The number of carbonyl (C=O) groups is 1. The van der Waals surface area contributed by atoms with Crippen molar-refractivity contribution < 1.29 is 14.6 Å². The number of aliphatic hydroxyl groups is 1. The maximum Gasteiger partial charge on any atom is 0.344 e. The van der Waals surface area contributed by atoms with E-state index in [-0.39, 0.29) is 11.3 Å². The molecule has 0 aliphatic rings. The number of benzene rings is 2. The number of hydrogen-bond donors (Lipinski definition) is 1. The van der Waals surface area contributed by atoms with Crippen LogP contribution >= 0.6 is 23.2 Å². The molecule has 0 amide bonds. The van der Waals surface area contributed by atoms with Crippen molar-refractivity contribution in [3.8, 4) is 0 Å². The molecule has 0 atom stereocenters. The van der Waals surface area contributed by atoms with Gasteiger partial charge in [-0.05, 0) is 57.2 Å². The third-order valence-electron chi connectivity index (χ3n) is 3.17. The first-order valence-corrected chi connectivity index (χ1v) is 8.64. The first kappa shape index (κ1) is 20.0. The fourth-order valence-corrected chi connectivity index (χ4v) is 2.36. The van der Waals surface area contributed by atoms with Crippen LogP contribution < -0.4 is 0 Å². The lowest BCUT2D eigenvalue weighted by Gasteiger charge is -2.20. The Morgan fingerprint density at radius 2 is 1.69 bits per heavy atom. The molecule has 0 bridgehead atoms. The van der Waals surface area contributed by atoms with E-state index in [0.29, 0.717) is 21.3 Å². The van der Waals surface area contributed by atoms with Gasteiger partial charge in [0.1, 0.15) is 16.9 Å². The molecule has 136 valence electrons. The summed E-state index contributed by atoms with van der Waals surface area (Å²) in [6.07, 6.45) is 1.26. The lowest BCUT2D eigenvalue weighted by molar-refractivity contribution is -0.149. The SMILES string of the molecule is CC(C)(C)OC(=O)/C(C=Nc1ccc(Cl)cc1)=C(/O)c1ccccc1Cl. The van der Waals surface area contributed by atoms with Crippen molar-refractivity contribution in [2.45, 2.75) is 26.4 Å². The Balaban J connectivity index is 2.48. The summed E-state index contributed by atoms with van der Waals surface area (Å²) in [4.78, 5) is 16.8. The van der Waals surface area contributed by atoms with Crippen LogP contribution in [0.3, 0.4) is 0 Å². The zero-order valence-electron chi connectivity index (χ0n) is 14.7. The molecule has 0 unspecified atom stereocenters. The van der Waals surface area contributed by atoms with Gasteiger partial charge in [-0.25, -0.2) is 4.79 Å². The van der Waals surface area contributed by atoms with E-state index in [1.165, 1.54) is 6.21 Å². The standard InChI is InChI=1S/C20H19Cl2NO3/c1-20(2,3)26-19(25)16(12-23-14-10-8-13(21)9-11-14)18(24)15-6-4-5-7-17(15)22/h4-12,24H,1-3H3/b18-16+,23-12?. The van der Waals surface area contributed by atoms with Crippen molar-refractivity contribution in [1.82, 2.24) is 0 Å². The van der Waals surface area contributed by atoms with Crippen LogP contribution in [0.15, 0.2) is 59.1 Å². The van der Waals surface area contributed by atoms with Crippen molar-refractivity contribution in [3.05, 3.63) is 69.7 Å². The molecule has 0 radical (unpaired) electrons. The van der Waals surface area contributed by atoms with E-state index in [2.05, 4.69) is 4.99 Å². The molecular weight excluding hydrogens is 373 g/mol. The summed E-state index contributed by atoms with van der Waals surface area (Å²) in [7, 11) is 0. The summed E-state index contributed by atoms with van der Waals surface area (Å²) in [6, 6.07) is 13.4. The molecular formula is C20H19Cl2NO3. The number of rotatable bonds is 4. The van der Waals surface area contributed by atoms with Crippen LogP contribution in [0.2, 0.25) is 10.0 Å². The number of halogens is 2. The van der Waals surface area contributed by atoms with Crippen LogP contribution in [-0.2, 0) is 9.53 Å². The number of hydrogen-bond acceptors (Lipinski definition) is 4. The predicted molar refractivity (Wildman–Crippen MR) is 106 cm³/mol. The number of aliphatic hydroxyl groups excluding tert-OH is 1. The van der Waals surface area contributed by atoms with E-state index < -0.39 is 11.6 Å². The van der Waals surface area contributed by atoms with Crippen molar-refractivity contribution in [3.63, 3.8) is 0 Å². The van der Waals surface area contributed by atoms with Crippen LogP contribution in [0.5, 0.6) is 0 Å². The number of nitrogens with zero attached hydrogens (tertiary/aromatic N) is 1. The number of ether oxygens (including phenoxy) is 1. The second-order valence-electron chi connectivity index (χ2n) is 6.48. The summed E-state index contributed by atoms with van der Waals surface area (Å²) in [5.74, 6) is -1.00. The van der Waals surface area contributed by atoms with E-state index in [1.54, 1.807) is 69.3 Å². The quantitative estimate of drug-likeness (QED) is 0.300. The Kier molecular flexibility index (Phi) is 6.46. The average Bonchev–Trinajstić information content (AvgIpc) is 2.55. The van der Waals surface area contributed by atoms with Crippen LogP contribution in [0.25, 0.3) is 5.76 Å². The maximum absolute atomic E-state index is 12.6. The Hall–Kier alpha value is -2.30. The minimum absolute atomic E-state index is 0.0945. The smallest absolute Gasteiger partial charge is 0.344 e. The molecule has 0 saturated heterocycles. The number of aliphatic imine (C=N–C) groups is 1. The summed E-state index contributed by atoms with van der Waals surface area (Å²) < 4.78 is 5.38. The van der Waals surface area contributed by atoms with Crippen molar-refractivity contribution >= 4 is 46.8 Å². The topological polar surface area (TPSA) is 58.9 Å². The molecule has 4 nitrogen and oxygen atoms in total. The average molecular weight is 392 g/mol. The lowest BCUT2D eigenvalue weighted by Crippen LogP contribution is -2.25. The Labute approximate surface area is 162 Å². The fourth-order valence-electron chi connectivity index (χ4n) is 2.01. The first-order chi connectivity index (χ1) is 12.2. The molecule has 0 aliphatic carbocycles. The molecule has 2 aromatic rings. The highest BCUT2D eigenvalue weighted by Crippen LogP contribution is 2.26. The molecule has 0 saturated carbocycles. The van der Waals surface area contributed by atoms with E-state index >= 15 is 0 Å². The molecule has 26 heavy (non-hydrogen) atoms. The van der Waals surface area contributed by atoms with Gasteiger partial charge in [0.05, 0.1) is 10.7 Å². The Bertz CT molecular complexity index is 850.